The molecule has 2 nitrogen and oxygen atoms in total. The van der Waals surface area contributed by atoms with Crippen LogP contribution in [0.2, 0.25) is 0 Å². The summed E-state index contributed by atoms with van der Waals surface area (Å²) < 4.78 is 4.51. The van der Waals surface area contributed by atoms with Crippen LogP contribution in [0.3, 0.4) is 0 Å². The van der Waals surface area contributed by atoms with Gasteiger partial charge in [0, 0.05) is 5.56 Å². The molecule has 0 amide bonds. The van der Waals surface area contributed by atoms with Gasteiger partial charge in [-0.3, -0.25) is 4.79 Å². The van der Waals surface area contributed by atoms with Crippen molar-refractivity contribution >= 4 is 5.97 Å². The molecule has 2 heteroatoms. The number of methoxy groups -OCH3 is 1. The maximum absolute atomic E-state index is 10.9. The first-order valence-electron chi connectivity index (χ1n) is 5.59. The average molecular weight is 230 g/mol. The van der Waals surface area contributed by atoms with Gasteiger partial charge in [-0.05, 0) is 23.1 Å². The number of ether oxygens (including phenoxy) is 1. The lowest BCUT2D eigenvalue weighted by molar-refractivity contribution is -0.139. The fourth-order valence-electron chi connectivity index (χ4n) is 1.34. The highest BCUT2D eigenvalue weighted by Crippen LogP contribution is 2.21. The summed E-state index contributed by atoms with van der Waals surface area (Å²) >= 11 is 0. The van der Waals surface area contributed by atoms with E-state index in [1.807, 2.05) is 12.1 Å². The number of hydrogen-bond donors (Lipinski definition) is 0. The first-order chi connectivity index (χ1) is 7.93. The molecule has 0 saturated carbocycles. The minimum absolute atomic E-state index is 0.136. The van der Waals surface area contributed by atoms with Crippen molar-refractivity contribution in [2.45, 2.75) is 32.6 Å². The maximum Gasteiger partial charge on any atom is 0.317 e. The summed E-state index contributed by atoms with van der Waals surface area (Å²) in [5.41, 5.74) is 2.34. The molecule has 0 bridgehead atoms. The number of hydrogen-bond acceptors (Lipinski definition) is 2. The van der Waals surface area contributed by atoms with Crippen LogP contribution in [-0.4, -0.2) is 13.1 Å². The number of carbonyl (C=O) groups is 1. The molecule has 0 radical (unpaired) electrons. The lowest BCUT2D eigenvalue weighted by atomic mass is 9.87. The molecular formula is C15H18O2. The zero-order valence-corrected chi connectivity index (χ0v) is 10.8. The van der Waals surface area contributed by atoms with Crippen LogP contribution in [0.25, 0.3) is 0 Å². The van der Waals surface area contributed by atoms with Gasteiger partial charge < -0.3 is 4.74 Å². The van der Waals surface area contributed by atoms with Gasteiger partial charge in [-0.2, -0.15) is 0 Å². The Labute approximate surface area is 103 Å². The van der Waals surface area contributed by atoms with Crippen molar-refractivity contribution in [2.75, 3.05) is 7.11 Å². The fraction of sp³-hybridized carbons (Fsp3) is 0.400. The van der Waals surface area contributed by atoms with Crippen molar-refractivity contribution in [3.05, 3.63) is 35.4 Å². The molecule has 0 heterocycles. The molecule has 0 unspecified atom stereocenters. The van der Waals surface area contributed by atoms with E-state index in [0.29, 0.717) is 0 Å². The van der Waals surface area contributed by atoms with Crippen LogP contribution in [0.5, 0.6) is 0 Å². The number of esters is 1. The van der Waals surface area contributed by atoms with Crippen LogP contribution < -0.4 is 0 Å². The Morgan fingerprint density at radius 2 is 1.82 bits per heavy atom. The molecule has 1 aromatic rings. The van der Waals surface area contributed by atoms with E-state index in [2.05, 4.69) is 49.5 Å². The third-order valence-electron chi connectivity index (χ3n) is 2.44. The van der Waals surface area contributed by atoms with Gasteiger partial charge in [-0.1, -0.05) is 44.7 Å². The number of benzene rings is 1. The Morgan fingerprint density at radius 3 is 2.29 bits per heavy atom. The minimum atomic E-state index is -0.302. The van der Waals surface area contributed by atoms with E-state index in [0.717, 1.165) is 5.56 Å². The highest BCUT2D eigenvalue weighted by atomic mass is 16.5. The van der Waals surface area contributed by atoms with Crippen LogP contribution in [0.4, 0.5) is 0 Å². The Hall–Kier alpha value is -1.75. The van der Waals surface area contributed by atoms with Crippen molar-refractivity contribution in [3.8, 4) is 11.8 Å². The van der Waals surface area contributed by atoms with Gasteiger partial charge in [0.25, 0.3) is 0 Å². The minimum Gasteiger partial charge on any atom is -0.468 e. The number of rotatable bonds is 1. The SMILES string of the molecule is COC(=O)CC#Cc1ccc(C(C)(C)C)cc1. The predicted molar refractivity (Wildman–Crippen MR) is 68.7 cm³/mol. The second-order valence-electron chi connectivity index (χ2n) is 4.88. The summed E-state index contributed by atoms with van der Waals surface area (Å²) in [7, 11) is 1.36. The van der Waals surface area contributed by atoms with Gasteiger partial charge in [0.1, 0.15) is 6.42 Å². The Morgan fingerprint density at radius 1 is 1.24 bits per heavy atom. The first kappa shape index (κ1) is 13.3. The molecule has 1 rings (SSSR count). The summed E-state index contributed by atoms with van der Waals surface area (Å²) in [5.74, 6) is 5.42. The Bertz CT molecular complexity index is 439. The van der Waals surface area contributed by atoms with Crippen LogP contribution in [-0.2, 0) is 14.9 Å². The van der Waals surface area contributed by atoms with E-state index in [4.69, 9.17) is 0 Å². The first-order valence-corrected chi connectivity index (χ1v) is 5.59. The lowest BCUT2D eigenvalue weighted by Gasteiger charge is -2.18. The zero-order valence-electron chi connectivity index (χ0n) is 10.8. The molecule has 0 aliphatic carbocycles. The molecule has 0 aliphatic rings. The lowest BCUT2D eigenvalue weighted by Crippen LogP contribution is -2.10. The van der Waals surface area contributed by atoms with Gasteiger partial charge in [0.2, 0.25) is 0 Å². The van der Waals surface area contributed by atoms with E-state index < -0.39 is 0 Å². The van der Waals surface area contributed by atoms with E-state index in [1.54, 1.807) is 0 Å². The van der Waals surface area contributed by atoms with Crippen LogP contribution in [0, 0.1) is 11.8 Å². The molecule has 90 valence electrons. The molecule has 0 saturated heterocycles. The van der Waals surface area contributed by atoms with Gasteiger partial charge >= 0.3 is 5.97 Å². The average Bonchev–Trinajstić information content (AvgIpc) is 2.28. The second kappa shape index (κ2) is 5.54. The topological polar surface area (TPSA) is 26.3 Å². The van der Waals surface area contributed by atoms with E-state index in [-0.39, 0.29) is 17.8 Å². The van der Waals surface area contributed by atoms with E-state index in [1.165, 1.54) is 12.7 Å². The summed E-state index contributed by atoms with van der Waals surface area (Å²) in [4.78, 5) is 10.9. The summed E-state index contributed by atoms with van der Waals surface area (Å²) in [6.07, 6.45) is 0.136. The van der Waals surface area contributed by atoms with Crippen molar-refractivity contribution in [1.29, 1.82) is 0 Å². The van der Waals surface area contributed by atoms with Gasteiger partial charge in [0.05, 0.1) is 7.11 Å². The van der Waals surface area contributed by atoms with Crippen molar-refractivity contribution < 1.29 is 9.53 Å². The van der Waals surface area contributed by atoms with Crippen molar-refractivity contribution in [3.63, 3.8) is 0 Å². The normalized spacial score (nSPS) is 10.4. The Kier molecular flexibility index (Phi) is 4.34. The van der Waals surface area contributed by atoms with Crippen LogP contribution in [0.1, 0.15) is 38.3 Å². The summed E-state index contributed by atoms with van der Waals surface area (Å²) in [6, 6.07) is 8.10. The smallest absolute Gasteiger partial charge is 0.317 e. The largest absolute Gasteiger partial charge is 0.468 e. The molecule has 0 aliphatic heterocycles. The van der Waals surface area contributed by atoms with Gasteiger partial charge in [-0.15, -0.1) is 0 Å². The number of carbonyl (C=O) groups excluding carboxylic acids is 1. The van der Waals surface area contributed by atoms with Crippen molar-refractivity contribution in [1.82, 2.24) is 0 Å². The van der Waals surface area contributed by atoms with Crippen LogP contribution in [0.15, 0.2) is 24.3 Å². The molecular weight excluding hydrogens is 212 g/mol. The van der Waals surface area contributed by atoms with Crippen LogP contribution >= 0.6 is 0 Å². The van der Waals surface area contributed by atoms with E-state index in [9.17, 15) is 4.79 Å². The molecule has 0 fully saturated rings. The predicted octanol–water partition coefficient (Wildman–Crippen LogP) is 2.90. The highest BCUT2D eigenvalue weighted by Gasteiger charge is 2.12. The molecule has 0 N–H and O–H groups in total. The third kappa shape index (κ3) is 4.32. The second-order valence-corrected chi connectivity index (χ2v) is 4.88. The summed E-state index contributed by atoms with van der Waals surface area (Å²) in [6.45, 7) is 6.51. The maximum atomic E-state index is 10.9. The molecule has 0 aromatic heterocycles. The fourth-order valence-corrected chi connectivity index (χ4v) is 1.34. The van der Waals surface area contributed by atoms with Gasteiger partial charge in [0.15, 0.2) is 0 Å². The highest BCUT2D eigenvalue weighted by molar-refractivity contribution is 5.72. The zero-order chi connectivity index (χ0) is 12.9. The standard InChI is InChI=1S/C15H18O2/c1-15(2,3)13-10-8-12(9-11-13)6-5-7-14(16)17-4/h8-11H,7H2,1-4H3. The third-order valence-corrected chi connectivity index (χ3v) is 2.44. The monoisotopic (exact) mass is 230 g/mol. The van der Waals surface area contributed by atoms with Gasteiger partial charge in [-0.25, -0.2) is 0 Å². The molecule has 0 atom stereocenters. The van der Waals surface area contributed by atoms with E-state index >= 15 is 0 Å². The quantitative estimate of drug-likeness (QED) is 0.547. The molecule has 17 heavy (non-hydrogen) atoms. The Balaban J connectivity index is 2.72. The summed E-state index contributed by atoms with van der Waals surface area (Å²) in [5, 5.41) is 0. The molecule has 0 spiro atoms. The van der Waals surface area contributed by atoms with Crippen molar-refractivity contribution in [2.24, 2.45) is 0 Å². The molecule has 1 aromatic carbocycles.